The number of benzene rings is 1. The lowest BCUT2D eigenvalue weighted by Crippen LogP contribution is -2.29. The third kappa shape index (κ3) is 4.65. The Balaban J connectivity index is 1.64. The largest absolute Gasteiger partial charge is 0.349 e. The predicted molar refractivity (Wildman–Crippen MR) is 102 cm³/mol. The molecule has 0 aliphatic heterocycles. The van der Waals surface area contributed by atoms with Crippen LogP contribution in [0, 0.1) is 0 Å². The number of carbonyl (C=O) groups is 1. The van der Waals surface area contributed by atoms with Gasteiger partial charge in [0.15, 0.2) is 0 Å². The van der Waals surface area contributed by atoms with Crippen LogP contribution in [0.25, 0.3) is 10.6 Å². The Morgan fingerprint density at radius 3 is 2.76 bits per heavy atom. The molecule has 4 nitrogen and oxygen atoms in total. The Bertz CT molecular complexity index is 833. The van der Waals surface area contributed by atoms with E-state index < -0.39 is 0 Å². The van der Waals surface area contributed by atoms with Crippen molar-refractivity contribution in [2.24, 2.45) is 0 Å². The van der Waals surface area contributed by atoms with E-state index in [1.165, 1.54) is 11.3 Å². The molecule has 0 aliphatic rings. The Kier molecular flexibility index (Phi) is 5.79. The maximum atomic E-state index is 12.4. The second kappa shape index (κ2) is 8.23. The number of hydrogen-bond donors (Lipinski definition) is 1. The van der Waals surface area contributed by atoms with E-state index in [2.05, 4.69) is 15.3 Å². The number of carbonyl (C=O) groups excluding carboxylic acids is 1. The van der Waals surface area contributed by atoms with E-state index in [1.807, 2.05) is 48.7 Å². The molecule has 0 saturated heterocycles. The molecule has 0 spiro atoms. The van der Waals surface area contributed by atoms with Crippen molar-refractivity contribution in [3.05, 3.63) is 70.5 Å². The molecule has 1 amide bonds. The lowest BCUT2D eigenvalue weighted by molar-refractivity contribution is -0.121. The van der Waals surface area contributed by atoms with Crippen molar-refractivity contribution >= 4 is 28.8 Å². The van der Waals surface area contributed by atoms with Crippen LogP contribution in [-0.4, -0.2) is 15.9 Å². The number of halogens is 1. The molecule has 1 aromatic carbocycles. The van der Waals surface area contributed by atoms with Crippen LogP contribution in [0.1, 0.15) is 30.6 Å². The molecule has 0 radical (unpaired) electrons. The van der Waals surface area contributed by atoms with Gasteiger partial charge in [0.05, 0.1) is 18.2 Å². The Labute approximate surface area is 155 Å². The lowest BCUT2D eigenvalue weighted by Gasteiger charge is -2.17. The topological polar surface area (TPSA) is 54.9 Å². The van der Waals surface area contributed by atoms with E-state index in [9.17, 15) is 4.79 Å². The van der Waals surface area contributed by atoms with Gasteiger partial charge in [0.25, 0.3) is 0 Å². The molecule has 1 unspecified atom stereocenters. The lowest BCUT2D eigenvalue weighted by atomic mass is 10.0. The Morgan fingerprint density at radius 2 is 2.08 bits per heavy atom. The van der Waals surface area contributed by atoms with Gasteiger partial charge in [0, 0.05) is 28.4 Å². The molecule has 0 fully saturated rings. The fraction of sp³-hybridized carbons (Fsp3) is 0.211. The van der Waals surface area contributed by atoms with Crippen molar-refractivity contribution in [1.82, 2.24) is 15.3 Å². The highest BCUT2D eigenvalue weighted by atomic mass is 35.5. The van der Waals surface area contributed by atoms with Crippen LogP contribution in [0.15, 0.2) is 54.2 Å². The second-order valence-electron chi connectivity index (χ2n) is 5.64. The standard InChI is InChI=1S/C19H18ClN3OS/c1-2-17(13-5-7-15(20)8-6-13)23-18(24)10-16-12-25-19(22-16)14-4-3-9-21-11-14/h3-9,11-12,17H,2,10H2,1H3,(H,23,24). The van der Waals surface area contributed by atoms with E-state index in [0.29, 0.717) is 5.02 Å². The molecule has 25 heavy (non-hydrogen) atoms. The van der Waals surface area contributed by atoms with Crippen molar-refractivity contribution in [1.29, 1.82) is 0 Å². The summed E-state index contributed by atoms with van der Waals surface area (Å²) in [7, 11) is 0. The number of aromatic nitrogens is 2. The molecule has 0 aliphatic carbocycles. The molecule has 3 aromatic rings. The molecule has 2 aromatic heterocycles. The van der Waals surface area contributed by atoms with E-state index in [1.54, 1.807) is 12.4 Å². The number of rotatable bonds is 6. The summed E-state index contributed by atoms with van der Waals surface area (Å²) < 4.78 is 0. The van der Waals surface area contributed by atoms with Gasteiger partial charge in [-0.05, 0) is 36.2 Å². The summed E-state index contributed by atoms with van der Waals surface area (Å²) in [5.41, 5.74) is 2.79. The Hall–Kier alpha value is -2.24. The van der Waals surface area contributed by atoms with Gasteiger partial charge in [-0.2, -0.15) is 0 Å². The van der Waals surface area contributed by atoms with Crippen LogP contribution in [0.2, 0.25) is 5.02 Å². The van der Waals surface area contributed by atoms with Crippen molar-refractivity contribution in [2.75, 3.05) is 0 Å². The highest BCUT2D eigenvalue weighted by molar-refractivity contribution is 7.13. The summed E-state index contributed by atoms with van der Waals surface area (Å²) >= 11 is 7.45. The van der Waals surface area contributed by atoms with E-state index in [-0.39, 0.29) is 18.4 Å². The average molecular weight is 372 g/mol. The maximum absolute atomic E-state index is 12.4. The van der Waals surface area contributed by atoms with Gasteiger partial charge >= 0.3 is 0 Å². The smallest absolute Gasteiger partial charge is 0.226 e. The third-order valence-electron chi connectivity index (χ3n) is 3.82. The summed E-state index contributed by atoms with van der Waals surface area (Å²) in [6.45, 7) is 2.04. The summed E-state index contributed by atoms with van der Waals surface area (Å²) in [5.74, 6) is -0.0372. The normalized spacial score (nSPS) is 11.9. The van der Waals surface area contributed by atoms with Crippen LogP contribution in [-0.2, 0) is 11.2 Å². The Morgan fingerprint density at radius 1 is 1.28 bits per heavy atom. The first-order valence-corrected chi connectivity index (χ1v) is 9.31. The van der Waals surface area contributed by atoms with Crippen LogP contribution >= 0.6 is 22.9 Å². The number of hydrogen-bond acceptors (Lipinski definition) is 4. The van der Waals surface area contributed by atoms with Gasteiger partial charge in [-0.1, -0.05) is 30.7 Å². The molecule has 128 valence electrons. The second-order valence-corrected chi connectivity index (χ2v) is 6.94. The average Bonchev–Trinajstić information content (AvgIpc) is 3.10. The summed E-state index contributed by atoms with van der Waals surface area (Å²) in [5, 5.41) is 6.56. The van der Waals surface area contributed by atoms with Crippen LogP contribution in [0.3, 0.4) is 0 Å². The number of nitrogens with zero attached hydrogens (tertiary/aromatic N) is 2. The van der Waals surface area contributed by atoms with Crippen LogP contribution < -0.4 is 5.32 Å². The highest BCUT2D eigenvalue weighted by Crippen LogP contribution is 2.23. The molecule has 0 bridgehead atoms. The zero-order valence-corrected chi connectivity index (χ0v) is 15.3. The van der Waals surface area contributed by atoms with Gasteiger partial charge in [-0.25, -0.2) is 4.98 Å². The maximum Gasteiger partial charge on any atom is 0.226 e. The van der Waals surface area contributed by atoms with Gasteiger partial charge < -0.3 is 5.32 Å². The number of amides is 1. The first-order valence-electron chi connectivity index (χ1n) is 8.05. The predicted octanol–water partition coefficient (Wildman–Crippen LogP) is 4.67. The van der Waals surface area contributed by atoms with Crippen molar-refractivity contribution in [2.45, 2.75) is 25.8 Å². The van der Waals surface area contributed by atoms with E-state index in [4.69, 9.17) is 11.6 Å². The van der Waals surface area contributed by atoms with Crippen LogP contribution in [0.5, 0.6) is 0 Å². The molecule has 1 atom stereocenters. The van der Waals surface area contributed by atoms with Crippen molar-refractivity contribution in [3.63, 3.8) is 0 Å². The van der Waals surface area contributed by atoms with Gasteiger partial charge in [-0.15, -0.1) is 11.3 Å². The van der Waals surface area contributed by atoms with Gasteiger partial charge in [-0.3, -0.25) is 9.78 Å². The summed E-state index contributed by atoms with van der Waals surface area (Å²) in [6, 6.07) is 11.4. The van der Waals surface area contributed by atoms with E-state index in [0.717, 1.165) is 28.2 Å². The first-order chi connectivity index (χ1) is 12.2. The first kappa shape index (κ1) is 17.6. The fourth-order valence-corrected chi connectivity index (χ4v) is 3.47. The minimum absolute atomic E-state index is 0.0267. The minimum atomic E-state index is -0.0372. The molecule has 1 N–H and O–H groups in total. The number of thiazole rings is 1. The molecule has 2 heterocycles. The van der Waals surface area contributed by atoms with Gasteiger partial charge in [0.2, 0.25) is 5.91 Å². The summed E-state index contributed by atoms with van der Waals surface area (Å²) in [4.78, 5) is 21.0. The zero-order valence-electron chi connectivity index (χ0n) is 13.8. The molecule has 3 rings (SSSR count). The molecular weight excluding hydrogens is 354 g/mol. The quantitative estimate of drug-likeness (QED) is 0.685. The van der Waals surface area contributed by atoms with Gasteiger partial charge in [0.1, 0.15) is 5.01 Å². The zero-order chi connectivity index (χ0) is 17.6. The van der Waals surface area contributed by atoms with Crippen molar-refractivity contribution < 1.29 is 4.79 Å². The SMILES string of the molecule is CCC(NC(=O)Cc1csc(-c2cccnc2)n1)c1ccc(Cl)cc1. The summed E-state index contributed by atoms with van der Waals surface area (Å²) in [6.07, 6.45) is 4.58. The van der Waals surface area contributed by atoms with Crippen LogP contribution in [0.4, 0.5) is 0 Å². The monoisotopic (exact) mass is 371 g/mol. The molecule has 6 heteroatoms. The minimum Gasteiger partial charge on any atom is -0.349 e. The third-order valence-corrected chi connectivity index (χ3v) is 5.01. The van der Waals surface area contributed by atoms with E-state index >= 15 is 0 Å². The number of nitrogens with one attached hydrogen (secondary N) is 1. The molecular formula is C19H18ClN3OS. The van der Waals surface area contributed by atoms with Crippen molar-refractivity contribution in [3.8, 4) is 10.6 Å². The highest BCUT2D eigenvalue weighted by Gasteiger charge is 2.14. The fourth-order valence-electron chi connectivity index (χ4n) is 2.54. The number of pyridine rings is 1. The molecule has 0 saturated carbocycles.